The highest BCUT2D eigenvalue weighted by Gasteiger charge is 2.27. The second kappa shape index (κ2) is 6.94. The van der Waals surface area contributed by atoms with Crippen molar-refractivity contribution in [2.24, 2.45) is 7.05 Å². The number of aromatic nitrogens is 2. The molecule has 0 spiro atoms. The molecule has 1 N–H and O–H groups in total. The summed E-state index contributed by atoms with van der Waals surface area (Å²) >= 11 is 0. The van der Waals surface area contributed by atoms with Crippen LogP contribution < -0.4 is 4.72 Å². The number of esters is 1. The lowest BCUT2D eigenvalue weighted by molar-refractivity contribution is -0.136. The molecule has 0 amide bonds. The maximum absolute atomic E-state index is 12.4. The summed E-state index contributed by atoms with van der Waals surface area (Å²) in [6.45, 7) is 1.76. The number of sulfonamides is 1. The van der Waals surface area contributed by atoms with Gasteiger partial charge in [0.2, 0.25) is 0 Å². The molecule has 0 bridgehead atoms. The molecule has 0 unspecified atom stereocenters. The molecule has 2 rings (SSSR count). The van der Waals surface area contributed by atoms with Gasteiger partial charge in [0.25, 0.3) is 10.0 Å². The topological polar surface area (TPSA) is 90.3 Å². The van der Waals surface area contributed by atoms with Crippen molar-refractivity contribution < 1.29 is 17.9 Å². The van der Waals surface area contributed by atoms with Crippen LogP contribution in [0.3, 0.4) is 0 Å². The summed E-state index contributed by atoms with van der Waals surface area (Å²) < 4.78 is 33.2. The van der Waals surface area contributed by atoms with E-state index >= 15 is 0 Å². The Morgan fingerprint density at radius 1 is 1.41 bits per heavy atom. The summed E-state index contributed by atoms with van der Waals surface area (Å²) in [6, 6.07) is 0. The zero-order valence-electron chi connectivity index (χ0n) is 12.7. The molecule has 22 heavy (non-hydrogen) atoms. The van der Waals surface area contributed by atoms with E-state index in [1.165, 1.54) is 4.68 Å². The van der Waals surface area contributed by atoms with Crippen LogP contribution in [-0.2, 0) is 39.4 Å². The lowest BCUT2D eigenvalue weighted by Gasteiger charge is -2.11. The first-order chi connectivity index (χ1) is 10.5. The van der Waals surface area contributed by atoms with Crippen LogP contribution >= 0.6 is 0 Å². The highest BCUT2D eigenvalue weighted by Crippen LogP contribution is 2.26. The van der Waals surface area contributed by atoms with Gasteiger partial charge in [-0.3, -0.25) is 4.68 Å². The summed E-state index contributed by atoms with van der Waals surface area (Å²) in [5.74, 6) is 3.99. The third-order valence-corrected chi connectivity index (χ3v) is 4.88. The van der Waals surface area contributed by atoms with E-state index in [2.05, 4.69) is 26.4 Å². The molecule has 8 heteroatoms. The van der Waals surface area contributed by atoms with Gasteiger partial charge in [-0.2, -0.15) is 9.82 Å². The molecule has 0 saturated carbocycles. The maximum atomic E-state index is 12.4. The molecule has 0 atom stereocenters. The minimum atomic E-state index is -3.70. The second-order valence-corrected chi connectivity index (χ2v) is 6.59. The molecule has 1 aromatic rings. The minimum absolute atomic E-state index is 0.152. The van der Waals surface area contributed by atoms with Gasteiger partial charge in [-0.15, -0.1) is 0 Å². The summed E-state index contributed by atoms with van der Waals surface area (Å²) in [7, 11) is -2.08. The van der Waals surface area contributed by atoms with Crippen LogP contribution in [0.1, 0.15) is 31.0 Å². The second-order valence-electron chi connectivity index (χ2n) is 4.91. The van der Waals surface area contributed by atoms with Gasteiger partial charge in [-0.25, -0.2) is 13.2 Å². The molecule has 0 aromatic carbocycles. The van der Waals surface area contributed by atoms with Gasteiger partial charge in [0.15, 0.2) is 5.03 Å². The summed E-state index contributed by atoms with van der Waals surface area (Å²) in [5, 5.41) is 4.48. The lowest BCUT2D eigenvalue weighted by atomic mass is 9.99. The SMILES string of the molecule is CCOC(=O)C#CCNS(=O)(=O)c1c2c(nn1C)CCCC2. The van der Waals surface area contributed by atoms with Gasteiger partial charge in [0.05, 0.1) is 18.8 Å². The van der Waals surface area contributed by atoms with Crippen LogP contribution in [-0.4, -0.2) is 37.3 Å². The number of rotatable bonds is 4. The average molecular weight is 325 g/mol. The number of hydrogen-bond acceptors (Lipinski definition) is 5. The van der Waals surface area contributed by atoms with Gasteiger partial charge >= 0.3 is 5.97 Å². The number of carbonyl (C=O) groups is 1. The highest BCUT2D eigenvalue weighted by atomic mass is 32.2. The van der Waals surface area contributed by atoms with Crippen molar-refractivity contribution in [1.29, 1.82) is 0 Å². The molecular weight excluding hydrogens is 306 g/mol. The van der Waals surface area contributed by atoms with Crippen molar-refractivity contribution in [2.45, 2.75) is 37.6 Å². The highest BCUT2D eigenvalue weighted by molar-refractivity contribution is 7.89. The molecular formula is C14H19N3O4S. The van der Waals surface area contributed by atoms with Gasteiger partial charge in [-0.05, 0) is 32.6 Å². The molecule has 120 valence electrons. The average Bonchev–Trinajstić information content (AvgIpc) is 2.80. The largest absolute Gasteiger partial charge is 0.456 e. The number of hydrogen-bond donors (Lipinski definition) is 1. The van der Waals surface area contributed by atoms with Crippen LogP contribution in [0, 0.1) is 11.8 Å². The van der Waals surface area contributed by atoms with Crippen molar-refractivity contribution in [2.75, 3.05) is 13.2 Å². The third kappa shape index (κ3) is 3.67. The zero-order chi connectivity index (χ0) is 16.2. The molecule has 1 aliphatic carbocycles. The number of fused-ring (bicyclic) bond motifs is 1. The van der Waals surface area contributed by atoms with Crippen molar-refractivity contribution in [3.05, 3.63) is 11.3 Å². The van der Waals surface area contributed by atoms with Gasteiger partial charge in [0.1, 0.15) is 0 Å². The van der Waals surface area contributed by atoms with E-state index in [1.807, 2.05) is 0 Å². The Bertz CT molecular complexity index is 725. The van der Waals surface area contributed by atoms with Crippen molar-refractivity contribution in [3.8, 4) is 11.8 Å². The summed E-state index contributed by atoms with van der Waals surface area (Å²) in [6.07, 6.45) is 3.51. The standard InChI is InChI=1S/C14H19N3O4S/c1-3-21-13(18)9-6-10-15-22(19,20)14-11-7-4-5-8-12(11)16-17(14)2/h15H,3-5,7-8,10H2,1-2H3. The number of carbonyl (C=O) groups excluding carboxylic acids is 1. The van der Waals surface area contributed by atoms with Gasteiger partial charge in [0, 0.05) is 18.5 Å². The lowest BCUT2D eigenvalue weighted by Crippen LogP contribution is -2.27. The van der Waals surface area contributed by atoms with Crippen LogP contribution in [0.25, 0.3) is 0 Å². The molecule has 0 aliphatic heterocycles. The summed E-state index contributed by atoms with van der Waals surface area (Å²) in [5.41, 5.74) is 1.64. The molecule has 1 aromatic heterocycles. The first kappa shape index (κ1) is 16.5. The fraction of sp³-hybridized carbons (Fsp3) is 0.571. The zero-order valence-corrected chi connectivity index (χ0v) is 13.5. The van der Waals surface area contributed by atoms with Crippen molar-refractivity contribution >= 4 is 16.0 Å². The van der Waals surface area contributed by atoms with E-state index in [1.54, 1.807) is 14.0 Å². The Morgan fingerprint density at radius 3 is 2.86 bits per heavy atom. The van der Waals surface area contributed by atoms with E-state index in [0.717, 1.165) is 30.5 Å². The molecule has 7 nitrogen and oxygen atoms in total. The number of nitrogens with zero attached hydrogens (tertiary/aromatic N) is 2. The number of ether oxygens (including phenoxy) is 1. The number of aryl methyl sites for hydroxylation is 2. The van der Waals surface area contributed by atoms with Crippen LogP contribution in [0.5, 0.6) is 0 Å². The predicted octanol–water partition coefficient (Wildman–Crippen LogP) is 0.144. The van der Waals surface area contributed by atoms with Crippen molar-refractivity contribution in [1.82, 2.24) is 14.5 Å². The Kier molecular flexibility index (Phi) is 5.21. The smallest absolute Gasteiger partial charge is 0.384 e. The van der Waals surface area contributed by atoms with Crippen molar-refractivity contribution in [3.63, 3.8) is 0 Å². The quantitative estimate of drug-likeness (QED) is 0.483. The van der Waals surface area contributed by atoms with E-state index in [-0.39, 0.29) is 18.2 Å². The van der Waals surface area contributed by atoms with E-state index < -0.39 is 16.0 Å². The monoisotopic (exact) mass is 325 g/mol. The third-order valence-electron chi connectivity index (χ3n) is 3.33. The Balaban J connectivity index is 2.11. The first-order valence-electron chi connectivity index (χ1n) is 7.15. The Morgan fingerprint density at radius 2 is 2.14 bits per heavy atom. The minimum Gasteiger partial charge on any atom is -0.456 e. The van der Waals surface area contributed by atoms with Crippen LogP contribution in [0.2, 0.25) is 0 Å². The fourth-order valence-corrected chi connectivity index (χ4v) is 3.80. The van der Waals surface area contributed by atoms with Gasteiger partial charge < -0.3 is 4.74 Å². The molecule has 1 heterocycles. The predicted molar refractivity (Wildman–Crippen MR) is 79.4 cm³/mol. The Labute approximate surface area is 130 Å². The van der Waals surface area contributed by atoms with Crippen LogP contribution in [0.15, 0.2) is 5.03 Å². The molecule has 0 fully saturated rings. The fourth-order valence-electron chi connectivity index (χ4n) is 2.47. The summed E-state index contributed by atoms with van der Waals surface area (Å²) in [4.78, 5) is 11.1. The van der Waals surface area contributed by atoms with Gasteiger partial charge in [-0.1, -0.05) is 5.92 Å². The Hall–Kier alpha value is -1.85. The maximum Gasteiger partial charge on any atom is 0.384 e. The van der Waals surface area contributed by atoms with E-state index in [4.69, 9.17) is 0 Å². The van der Waals surface area contributed by atoms with E-state index in [9.17, 15) is 13.2 Å². The molecule has 1 aliphatic rings. The number of nitrogens with one attached hydrogen (secondary N) is 1. The van der Waals surface area contributed by atoms with E-state index in [0.29, 0.717) is 6.42 Å². The van der Waals surface area contributed by atoms with Crippen LogP contribution in [0.4, 0.5) is 0 Å². The molecule has 0 radical (unpaired) electrons. The normalized spacial score (nSPS) is 13.9. The first-order valence-corrected chi connectivity index (χ1v) is 8.64. The molecule has 0 saturated heterocycles.